The van der Waals surface area contributed by atoms with Gasteiger partial charge in [0.2, 0.25) is 0 Å². The number of nitrogens with zero attached hydrogens (tertiary/aromatic N) is 2. The van der Waals surface area contributed by atoms with Crippen LogP contribution >= 0.6 is 11.6 Å². The lowest BCUT2D eigenvalue weighted by Gasteiger charge is -2.12. The molecular weight excluding hydrogens is 289 g/mol. The Hall–Kier alpha value is -2.33. The number of hydrogen-bond donors (Lipinski definition) is 1. The fourth-order valence-electron chi connectivity index (χ4n) is 2.16. The molecule has 1 N–H and O–H groups in total. The maximum absolute atomic E-state index is 13.3. The van der Waals surface area contributed by atoms with Crippen LogP contribution < -0.4 is 5.32 Å². The lowest BCUT2D eigenvalue weighted by Crippen LogP contribution is -2.04. The summed E-state index contributed by atoms with van der Waals surface area (Å²) in [5.41, 5.74) is 2.72. The van der Waals surface area contributed by atoms with Crippen molar-refractivity contribution in [3.8, 4) is 5.69 Å². The lowest BCUT2D eigenvalue weighted by molar-refractivity contribution is 0.626. The molecule has 0 amide bonds. The topological polar surface area (TPSA) is 29.9 Å². The van der Waals surface area contributed by atoms with Gasteiger partial charge in [0, 0.05) is 24.0 Å². The van der Waals surface area contributed by atoms with Crippen LogP contribution in [0.4, 0.5) is 10.1 Å². The number of imidazole rings is 1. The van der Waals surface area contributed by atoms with Gasteiger partial charge in [0.25, 0.3) is 0 Å². The van der Waals surface area contributed by atoms with Crippen LogP contribution in [0.15, 0.2) is 61.2 Å². The largest absolute Gasteiger partial charge is 0.379 e. The lowest BCUT2D eigenvalue weighted by atomic mass is 10.2. The van der Waals surface area contributed by atoms with Gasteiger partial charge in [0.15, 0.2) is 0 Å². The number of benzene rings is 2. The number of halogens is 2. The Morgan fingerprint density at radius 3 is 2.81 bits per heavy atom. The predicted octanol–water partition coefficient (Wildman–Crippen LogP) is 4.28. The van der Waals surface area contributed by atoms with Gasteiger partial charge < -0.3 is 9.88 Å². The van der Waals surface area contributed by atoms with Gasteiger partial charge in [-0.05, 0) is 35.9 Å². The van der Waals surface area contributed by atoms with Gasteiger partial charge in [0.1, 0.15) is 5.82 Å². The predicted molar refractivity (Wildman–Crippen MR) is 82.3 cm³/mol. The fraction of sp³-hybridized carbons (Fsp3) is 0.0625. The minimum absolute atomic E-state index is 0.331. The van der Waals surface area contributed by atoms with Gasteiger partial charge in [-0.3, -0.25) is 0 Å². The number of hydrogen-bond acceptors (Lipinski definition) is 2. The van der Waals surface area contributed by atoms with Crippen LogP contribution in [-0.4, -0.2) is 9.55 Å². The summed E-state index contributed by atoms with van der Waals surface area (Å²) >= 11 is 5.86. The Morgan fingerprint density at radius 1 is 1.19 bits per heavy atom. The van der Waals surface area contributed by atoms with E-state index in [1.807, 2.05) is 35.0 Å². The summed E-state index contributed by atoms with van der Waals surface area (Å²) in [6.07, 6.45) is 5.34. The van der Waals surface area contributed by atoms with E-state index in [9.17, 15) is 4.39 Å². The minimum Gasteiger partial charge on any atom is -0.379 e. The smallest absolute Gasteiger partial charge is 0.125 e. The number of anilines is 1. The van der Waals surface area contributed by atoms with E-state index in [0.29, 0.717) is 11.6 Å². The summed E-state index contributed by atoms with van der Waals surface area (Å²) in [5.74, 6) is -0.331. The fourth-order valence-corrected chi connectivity index (χ4v) is 2.40. The van der Waals surface area contributed by atoms with Gasteiger partial charge in [-0.25, -0.2) is 9.37 Å². The van der Waals surface area contributed by atoms with Gasteiger partial charge in [0.05, 0.1) is 17.7 Å². The molecule has 0 aliphatic rings. The molecule has 0 unspecified atom stereocenters. The van der Waals surface area contributed by atoms with Gasteiger partial charge in [-0.15, -0.1) is 0 Å². The zero-order valence-corrected chi connectivity index (χ0v) is 11.9. The average Bonchev–Trinajstić information content (AvgIpc) is 2.98. The summed E-state index contributed by atoms with van der Waals surface area (Å²) in [6.45, 7) is 0.489. The van der Waals surface area contributed by atoms with Crippen molar-refractivity contribution in [3.63, 3.8) is 0 Å². The Morgan fingerprint density at radius 2 is 2.05 bits per heavy atom. The average molecular weight is 302 g/mol. The first-order chi connectivity index (χ1) is 10.2. The van der Waals surface area contributed by atoms with E-state index in [-0.39, 0.29) is 5.82 Å². The Balaban J connectivity index is 1.82. The summed E-state index contributed by atoms with van der Waals surface area (Å²) in [5, 5.41) is 3.70. The molecule has 0 saturated carbocycles. The molecule has 1 aromatic heterocycles. The molecule has 2 aromatic carbocycles. The molecular formula is C16H13ClFN3. The summed E-state index contributed by atoms with van der Waals surface area (Å²) in [6, 6.07) is 12.4. The van der Waals surface area contributed by atoms with E-state index in [1.165, 1.54) is 12.1 Å². The first kappa shape index (κ1) is 13.6. The second-order valence-corrected chi connectivity index (χ2v) is 5.05. The maximum Gasteiger partial charge on any atom is 0.125 e. The highest BCUT2D eigenvalue weighted by Gasteiger charge is 2.04. The highest BCUT2D eigenvalue weighted by Crippen LogP contribution is 2.21. The second kappa shape index (κ2) is 5.97. The monoisotopic (exact) mass is 301 g/mol. The van der Waals surface area contributed by atoms with Crippen molar-refractivity contribution >= 4 is 17.3 Å². The molecule has 0 radical (unpaired) electrons. The number of para-hydroxylation sites is 2. The van der Waals surface area contributed by atoms with Crippen LogP contribution in [0.3, 0.4) is 0 Å². The van der Waals surface area contributed by atoms with E-state index in [2.05, 4.69) is 10.3 Å². The third-order valence-corrected chi connectivity index (χ3v) is 3.31. The molecule has 0 aliphatic heterocycles. The molecule has 5 heteroatoms. The molecule has 3 nitrogen and oxygen atoms in total. The quantitative estimate of drug-likeness (QED) is 0.779. The molecule has 0 fully saturated rings. The molecule has 106 valence electrons. The summed E-state index contributed by atoms with van der Waals surface area (Å²) in [4.78, 5) is 4.05. The van der Waals surface area contributed by atoms with Crippen LogP contribution in [0.1, 0.15) is 5.56 Å². The molecule has 1 heterocycles. The van der Waals surface area contributed by atoms with Gasteiger partial charge in [-0.1, -0.05) is 23.7 Å². The van der Waals surface area contributed by atoms with Crippen molar-refractivity contribution in [1.82, 2.24) is 9.55 Å². The van der Waals surface area contributed by atoms with Crippen molar-refractivity contribution in [1.29, 1.82) is 0 Å². The van der Waals surface area contributed by atoms with Crippen molar-refractivity contribution in [3.05, 3.63) is 77.6 Å². The van der Waals surface area contributed by atoms with Crippen LogP contribution in [0.25, 0.3) is 5.69 Å². The van der Waals surface area contributed by atoms with Gasteiger partial charge >= 0.3 is 0 Å². The number of rotatable bonds is 4. The minimum atomic E-state index is -0.331. The van der Waals surface area contributed by atoms with E-state index in [4.69, 9.17) is 11.6 Å². The third-order valence-electron chi connectivity index (χ3n) is 3.09. The molecule has 0 bridgehead atoms. The molecule has 21 heavy (non-hydrogen) atoms. The molecule has 0 saturated heterocycles. The zero-order chi connectivity index (χ0) is 14.7. The van der Waals surface area contributed by atoms with Crippen LogP contribution in [0, 0.1) is 5.82 Å². The van der Waals surface area contributed by atoms with Crippen molar-refractivity contribution in [2.75, 3.05) is 5.32 Å². The maximum atomic E-state index is 13.3. The molecule has 3 aromatic rings. The highest BCUT2D eigenvalue weighted by molar-refractivity contribution is 6.30. The number of aromatic nitrogens is 2. The van der Waals surface area contributed by atoms with E-state index < -0.39 is 0 Å². The van der Waals surface area contributed by atoms with Crippen molar-refractivity contribution in [2.24, 2.45) is 0 Å². The van der Waals surface area contributed by atoms with E-state index >= 15 is 0 Å². The first-order valence-electron chi connectivity index (χ1n) is 6.48. The highest BCUT2D eigenvalue weighted by atomic mass is 35.5. The Labute approximate surface area is 127 Å². The Bertz CT molecular complexity index is 721. The first-order valence-corrected chi connectivity index (χ1v) is 6.86. The summed E-state index contributed by atoms with van der Waals surface area (Å²) < 4.78 is 15.2. The molecule has 0 spiro atoms. The molecule has 0 aliphatic carbocycles. The normalized spacial score (nSPS) is 10.6. The van der Waals surface area contributed by atoms with Crippen LogP contribution in [0.2, 0.25) is 5.02 Å². The van der Waals surface area contributed by atoms with Crippen LogP contribution in [0.5, 0.6) is 0 Å². The zero-order valence-electron chi connectivity index (χ0n) is 11.1. The standard InChI is InChI=1S/C16H13ClFN3/c17-13-7-12(8-14(18)9-13)10-20-15-3-1-2-4-16(15)21-6-5-19-11-21/h1-9,11,20H,10H2. The molecule has 0 atom stereocenters. The van der Waals surface area contributed by atoms with Crippen molar-refractivity contribution in [2.45, 2.75) is 6.54 Å². The second-order valence-electron chi connectivity index (χ2n) is 4.62. The van der Waals surface area contributed by atoms with Crippen LogP contribution in [-0.2, 0) is 6.54 Å². The third kappa shape index (κ3) is 3.23. The SMILES string of the molecule is Fc1cc(Cl)cc(CNc2ccccc2-n2ccnc2)c1. The van der Waals surface area contributed by atoms with Crippen molar-refractivity contribution < 1.29 is 4.39 Å². The molecule has 3 rings (SSSR count). The number of nitrogens with one attached hydrogen (secondary N) is 1. The van der Waals surface area contributed by atoms with E-state index in [1.54, 1.807) is 18.6 Å². The van der Waals surface area contributed by atoms with E-state index in [0.717, 1.165) is 16.9 Å². The summed E-state index contributed by atoms with van der Waals surface area (Å²) in [7, 11) is 0. The Kier molecular flexibility index (Phi) is 3.88. The van der Waals surface area contributed by atoms with Gasteiger partial charge in [-0.2, -0.15) is 0 Å².